The molecule has 2 N–H and O–H groups in total. The van der Waals surface area contributed by atoms with Gasteiger partial charge in [0.2, 0.25) is 0 Å². The molecule has 0 aliphatic heterocycles. The molecule has 1 heterocycles. The van der Waals surface area contributed by atoms with E-state index in [-0.39, 0.29) is 0 Å². The number of rotatable bonds is 6. The van der Waals surface area contributed by atoms with Gasteiger partial charge in [-0.15, -0.1) is 0 Å². The number of H-pyrrole nitrogens is 1. The normalized spacial score (nSPS) is 10.8. The highest BCUT2D eigenvalue weighted by molar-refractivity contribution is 7.71. The second-order valence-electron chi connectivity index (χ2n) is 3.92. The molecule has 0 aliphatic rings. The molecule has 1 rings (SSSR count). The first-order valence-electron chi connectivity index (χ1n) is 5.51. The number of aryl methyl sites for hydroxylation is 1. The Morgan fingerprint density at radius 1 is 1.56 bits per heavy atom. The fraction of sp³-hybridized carbons (Fsp3) is 0.636. The lowest BCUT2D eigenvalue weighted by Gasteiger charge is -2.09. The van der Waals surface area contributed by atoms with E-state index < -0.39 is 0 Å². The number of anilines is 1. The topological polar surface area (TPSA) is 49.9 Å². The number of aromatic nitrogens is 2. The van der Waals surface area contributed by atoms with Gasteiger partial charge < -0.3 is 15.0 Å². The van der Waals surface area contributed by atoms with Crippen LogP contribution in [0.5, 0.6) is 0 Å². The predicted octanol–water partition coefficient (Wildman–Crippen LogP) is 2.67. The molecule has 5 heteroatoms. The Kier molecular flexibility index (Phi) is 5.42. The maximum absolute atomic E-state index is 5.44. The summed E-state index contributed by atoms with van der Waals surface area (Å²) in [6.45, 7) is 7.60. The van der Waals surface area contributed by atoms with E-state index in [9.17, 15) is 0 Å². The van der Waals surface area contributed by atoms with Crippen LogP contribution in [-0.4, -0.2) is 29.2 Å². The summed E-state index contributed by atoms with van der Waals surface area (Å²) >= 11 is 5.03. The molecule has 0 spiro atoms. The van der Waals surface area contributed by atoms with E-state index in [2.05, 4.69) is 15.3 Å². The van der Waals surface area contributed by atoms with Gasteiger partial charge in [-0.1, -0.05) is 12.2 Å². The zero-order chi connectivity index (χ0) is 12.0. The molecule has 0 bridgehead atoms. The predicted molar refractivity (Wildman–Crippen MR) is 68.4 cm³/mol. The van der Waals surface area contributed by atoms with Crippen molar-refractivity contribution >= 4 is 18.0 Å². The van der Waals surface area contributed by atoms with Crippen molar-refractivity contribution in [2.24, 2.45) is 0 Å². The van der Waals surface area contributed by atoms with Gasteiger partial charge in [0.05, 0.1) is 6.10 Å². The van der Waals surface area contributed by atoms with Gasteiger partial charge in [0.25, 0.3) is 0 Å². The molecule has 0 radical (unpaired) electrons. The Balaban J connectivity index is 2.29. The lowest BCUT2D eigenvalue weighted by molar-refractivity contribution is 0.0787. The van der Waals surface area contributed by atoms with Crippen molar-refractivity contribution in [1.29, 1.82) is 0 Å². The SMILES string of the molecule is Cc1nc(=S)cc(NCCCOC(C)C)[nH]1. The highest BCUT2D eigenvalue weighted by Crippen LogP contribution is 2.03. The van der Waals surface area contributed by atoms with Gasteiger partial charge in [0, 0.05) is 19.2 Å². The summed E-state index contributed by atoms with van der Waals surface area (Å²) in [7, 11) is 0. The van der Waals surface area contributed by atoms with Crippen LogP contribution in [0.15, 0.2) is 6.07 Å². The zero-order valence-electron chi connectivity index (χ0n) is 10.0. The van der Waals surface area contributed by atoms with Crippen LogP contribution < -0.4 is 5.32 Å². The van der Waals surface area contributed by atoms with E-state index in [1.165, 1.54) is 0 Å². The van der Waals surface area contributed by atoms with E-state index in [1.807, 2.05) is 26.8 Å². The molecule has 0 unspecified atom stereocenters. The van der Waals surface area contributed by atoms with Crippen molar-refractivity contribution in [1.82, 2.24) is 9.97 Å². The minimum atomic E-state index is 0.300. The van der Waals surface area contributed by atoms with Crippen LogP contribution in [0.3, 0.4) is 0 Å². The Labute approximate surface area is 101 Å². The van der Waals surface area contributed by atoms with Crippen LogP contribution in [0.4, 0.5) is 5.82 Å². The maximum Gasteiger partial charge on any atom is 0.131 e. The molecule has 0 saturated carbocycles. The Bertz CT molecular complexity index is 376. The quantitative estimate of drug-likeness (QED) is 0.594. The third-order valence-corrected chi connectivity index (χ3v) is 2.16. The van der Waals surface area contributed by atoms with Crippen molar-refractivity contribution in [3.8, 4) is 0 Å². The summed E-state index contributed by atoms with van der Waals surface area (Å²) in [5.74, 6) is 1.75. The third-order valence-electron chi connectivity index (χ3n) is 1.95. The minimum Gasteiger partial charge on any atom is -0.379 e. The molecule has 0 aliphatic carbocycles. The smallest absolute Gasteiger partial charge is 0.131 e. The van der Waals surface area contributed by atoms with Crippen LogP contribution >= 0.6 is 12.2 Å². The number of hydrogen-bond acceptors (Lipinski definition) is 4. The number of ether oxygens (including phenoxy) is 1. The van der Waals surface area contributed by atoms with Gasteiger partial charge >= 0.3 is 0 Å². The van der Waals surface area contributed by atoms with Crippen molar-refractivity contribution in [3.05, 3.63) is 16.5 Å². The highest BCUT2D eigenvalue weighted by Gasteiger charge is 1.96. The molecule has 1 aromatic rings. The number of hydrogen-bond donors (Lipinski definition) is 2. The average molecular weight is 241 g/mol. The Hall–Kier alpha value is -0.940. The van der Waals surface area contributed by atoms with Gasteiger partial charge in [-0.25, -0.2) is 4.98 Å². The standard InChI is InChI=1S/C11H19N3OS/c1-8(2)15-6-4-5-12-10-7-11(16)14-9(3)13-10/h7-8H,4-6H2,1-3H3,(H2,12,13,14,16). The van der Waals surface area contributed by atoms with E-state index in [4.69, 9.17) is 17.0 Å². The summed E-state index contributed by atoms with van der Waals surface area (Å²) in [6.07, 6.45) is 1.27. The molecule has 0 aromatic carbocycles. The van der Waals surface area contributed by atoms with Gasteiger partial charge in [0.1, 0.15) is 16.3 Å². The van der Waals surface area contributed by atoms with Gasteiger partial charge in [-0.05, 0) is 27.2 Å². The first-order valence-corrected chi connectivity index (χ1v) is 5.92. The summed E-state index contributed by atoms with van der Waals surface area (Å²) in [6, 6.07) is 1.83. The van der Waals surface area contributed by atoms with E-state index in [0.717, 1.165) is 31.2 Å². The first kappa shape index (κ1) is 13.1. The average Bonchev–Trinajstić information content (AvgIpc) is 2.15. The molecule has 90 valence electrons. The van der Waals surface area contributed by atoms with E-state index in [1.54, 1.807) is 0 Å². The fourth-order valence-corrected chi connectivity index (χ4v) is 1.54. The molecule has 16 heavy (non-hydrogen) atoms. The van der Waals surface area contributed by atoms with Crippen molar-refractivity contribution in [2.75, 3.05) is 18.5 Å². The molecular weight excluding hydrogens is 222 g/mol. The molecule has 0 saturated heterocycles. The van der Waals surface area contributed by atoms with Gasteiger partial charge in [-0.2, -0.15) is 0 Å². The van der Waals surface area contributed by atoms with E-state index in [0.29, 0.717) is 10.7 Å². The van der Waals surface area contributed by atoms with Crippen LogP contribution in [0.1, 0.15) is 26.1 Å². The molecule has 1 aromatic heterocycles. The molecule has 4 nitrogen and oxygen atoms in total. The van der Waals surface area contributed by atoms with Crippen LogP contribution in [0.25, 0.3) is 0 Å². The fourth-order valence-electron chi connectivity index (χ4n) is 1.29. The lowest BCUT2D eigenvalue weighted by Crippen LogP contribution is -2.10. The molecule has 0 amide bonds. The Morgan fingerprint density at radius 3 is 2.94 bits per heavy atom. The Morgan fingerprint density at radius 2 is 2.31 bits per heavy atom. The summed E-state index contributed by atoms with van der Waals surface area (Å²) < 4.78 is 6.05. The second-order valence-corrected chi connectivity index (χ2v) is 4.34. The van der Waals surface area contributed by atoms with E-state index >= 15 is 0 Å². The van der Waals surface area contributed by atoms with Crippen LogP contribution in [0, 0.1) is 11.6 Å². The van der Waals surface area contributed by atoms with Crippen molar-refractivity contribution in [2.45, 2.75) is 33.3 Å². The van der Waals surface area contributed by atoms with Gasteiger partial charge in [-0.3, -0.25) is 0 Å². The number of nitrogens with one attached hydrogen (secondary N) is 2. The monoisotopic (exact) mass is 241 g/mol. The van der Waals surface area contributed by atoms with Crippen molar-refractivity contribution in [3.63, 3.8) is 0 Å². The summed E-state index contributed by atoms with van der Waals surface area (Å²) in [4.78, 5) is 7.21. The number of aromatic amines is 1. The minimum absolute atomic E-state index is 0.300. The van der Waals surface area contributed by atoms with Crippen LogP contribution in [-0.2, 0) is 4.74 Å². The molecule has 0 fully saturated rings. The first-order chi connectivity index (χ1) is 7.58. The third kappa shape index (κ3) is 5.23. The largest absolute Gasteiger partial charge is 0.379 e. The zero-order valence-corrected chi connectivity index (χ0v) is 10.9. The van der Waals surface area contributed by atoms with Gasteiger partial charge in [0.15, 0.2) is 0 Å². The highest BCUT2D eigenvalue weighted by atomic mass is 32.1. The number of nitrogens with zero attached hydrogens (tertiary/aromatic N) is 1. The van der Waals surface area contributed by atoms with Crippen molar-refractivity contribution < 1.29 is 4.74 Å². The molecule has 0 atom stereocenters. The summed E-state index contributed by atoms with van der Waals surface area (Å²) in [5, 5.41) is 3.26. The van der Waals surface area contributed by atoms with Crippen LogP contribution in [0.2, 0.25) is 0 Å². The summed E-state index contributed by atoms with van der Waals surface area (Å²) in [5.41, 5.74) is 0. The second kappa shape index (κ2) is 6.60. The maximum atomic E-state index is 5.44. The molecular formula is C11H19N3OS. The lowest BCUT2D eigenvalue weighted by atomic mass is 10.4.